The lowest BCUT2D eigenvalue weighted by Gasteiger charge is -2.26. The van der Waals surface area contributed by atoms with E-state index in [4.69, 9.17) is 10.5 Å². The van der Waals surface area contributed by atoms with E-state index in [1.807, 2.05) is 0 Å². The Labute approximate surface area is 113 Å². The van der Waals surface area contributed by atoms with Gasteiger partial charge in [-0.1, -0.05) is 12.1 Å². The van der Waals surface area contributed by atoms with Crippen LogP contribution in [0.2, 0.25) is 0 Å². The van der Waals surface area contributed by atoms with E-state index in [0.29, 0.717) is 5.95 Å². The SMILES string of the molecule is Cc1cccc2c1nc(N)n2CCN1CCOCC1. The highest BCUT2D eigenvalue weighted by atomic mass is 16.5. The van der Waals surface area contributed by atoms with Crippen LogP contribution in [0.15, 0.2) is 18.2 Å². The van der Waals surface area contributed by atoms with Crippen molar-refractivity contribution in [2.45, 2.75) is 13.5 Å². The van der Waals surface area contributed by atoms with Crippen LogP contribution in [0.4, 0.5) is 5.95 Å². The summed E-state index contributed by atoms with van der Waals surface area (Å²) >= 11 is 0. The second-order valence-electron chi connectivity index (χ2n) is 5.02. The van der Waals surface area contributed by atoms with Crippen LogP contribution in [-0.2, 0) is 11.3 Å². The number of morpholine rings is 1. The van der Waals surface area contributed by atoms with Crippen LogP contribution in [0.5, 0.6) is 0 Å². The van der Waals surface area contributed by atoms with E-state index in [1.165, 1.54) is 5.56 Å². The van der Waals surface area contributed by atoms with Crippen LogP contribution in [0.1, 0.15) is 5.56 Å². The molecule has 102 valence electrons. The first-order chi connectivity index (χ1) is 9.25. The molecular weight excluding hydrogens is 240 g/mol. The van der Waals surface area contributed by atoms with Crippen molar-refractivity contribution in [3.05, 3.63) is 23.8 Å². The van der Waals surface area contributed by atoms with Crippen LogP contribution >= 0.6 is 0 Å². The number of rotatable bonds is 3. The van der Waals surface area contributed by atoms with E-state index < -0.39 is 0 Å². The van der Waals surface area contributed by atoms with Crippen molar-refractivity contribution in [2.75, 3.05) is 38.6 Å². The number of nitrogens with zero attached hydrogens (tertiary/aromatic N) is 3. The van der Waals surface area contributed by atoms with Gasteiger partial charge in [0.15, 0.2) is 0 Å². The molecule has 1 saturated heterocycles. The number of para-hydroxylation sites is 1. The standard InChI is InChI=1S/C14H20N4O/c1-11-3-2-4-12-13(11)16-14(15)18(12)6-5-17-7-9-19-10-8-17/h2-4H,5-10H2,1H3,(H2,15,16). The van der Waals surface area contributed by atoms with E-state index in [0.717, 1.165) is 50.4 Å². The summed E-state index contributed by atoms with van der Waals surface area (Å²) in [6, 6.07) is 6.22. The van der Waals surface area contributed by atoms with E-state index >= 15 is 0 Å². The number of anilines is 1. The summed E-state index contributed by atoms with van der Waals surface area (Å²) in [6.45, 7) is 7.62. The number of aryl methyl sites for hydroxylation is 1. The number of ether oxygens (including phenoxy) is 1. The second kappa shape index (κ2) is 5.19. The molecule has 1 aliphatic rings. The predicted octanol–water partition coefficient (Wildman–Crippen LogP) is 1.26. The maximum atomic E-state index is 6.05. The average molecular weight is 260 g/mol. The van der Waals surface area contributed by atoms with Crippen LogP contribution < -0.4 is 5.73 Å². The summed E-state index contributed by atoms with van der Waals surface area (Å²) in [5, 5.41) is 0. The number of benzene rings is 1. The van der Waals surface area contributed by atoms with Crippen LogP contribution in [-0.4, -0.2) is 47.3 Å². The normalized spacial score (nSPS) is 17.1. The summed E-state index contributed by atoms with van der Waals surface area (Å²) in [6.07, 6.45) is 0. The molecule has 1 fully saturated rings. The fourth-order valence-electron chi connectivity index (χ4n) is 2.61. The molecule has 2 heterocycles. The third-order valence-corrected chi connectivity index (χ3v) is 3.75. The highest BCUT2D eigenvalue weighted by molar-refractivity contribution is 5.81. The Morgan fingerprint density at radius 1 is 1.26 bits per heavy atom. The Morgan fingerprint density at radius 3 is 2.84 bits per heavy atom. The van der Waals surface area contributed by atoms with Crippen LogP contribution in [0, 0.1) is 6.92 Å². The topological polar surface area (TPSA) is 56.3 Å². The lowest BCUT2D eigenvalue weighted by Crippen LogP contribution is -2.38. The summed E-state index contributed by atoms with van der Waals surface area (Å²) in [5.41, 5.74) is 9.37. The zero-order chi connectivity index (χ0) is 13.2. The molecule has 2 aromatic rings. The molecule has 1 aliphatic heterocycles. The molecule has 3 rings (SSSR count). The van der Waals surface area contributed by atoms with Gasteiger partial charge in [-0.3, -0.25) is 4.90 Å². The van der Waals surface area contributed by atoms with Gasteiger partial charge in [-0.15, -0.1) is 0 Å². The van der Waals surface area contributed by atoms with Gasteiger partial charge in [-0.2, -0.15) is 0 Å². The molecule has 19 heavy (non-hydrogen) atoms. The summed E-state index contributed by atoms with van der Waals surface area (Å²) in [5.74, 6) is 0.609. The van der Waals surface area contributed by atoms with Crippen molar-refractivity contribution in [2.24, 2.45) is 0 Å². The quantitative estimate of drug-likeness (QED) is 0.902. The Kier molecular flexibility index (Phi) is 3.40. The highest BCUT2D eigenvalue weighted by Crippen LogP contribution is 2.20. The molecule has 2 N–H and O–H groups in total. The summed E-state index contributed by atoms with van der Waals surface area (Å²) < 4.78 is 7.47. The van der Waals surface area contributed by atoms with Crippen molar-refractivity contribution in [3.63, 3.8) is 0 Å². The lowest BCUT2D eigenvalue weighted by molar-refractivity contribution is 0.0366. The molecule has 5 nitrogen and oxygen atoms in total. The van der Waals surface area contributed by atoms with Gasteiger partial charge >= 0.3 is 0 Å². The predicted molar refractivity (Wildman–Crippen MR) is 76.1 cm³/mol. The number of fused-ring (bicyclic) bond motifs is 1. The number of imidazole rings is 1. The molecule has 0 radical (unpaired) electrons. The number of hydrogen-bond acceptors (Lipinski definition) is 4. The van der Waals surface area contributed by atoms with Crippen LogP contribution in [0.3, 0.4) is 0 Å². The fraction of sp³-hybridized carbons (Fsp3) is 0.500. The molecule has 0 bridgehead atoms. The Bertz CT molecular complexity index is 572. The fourth-order valence-corrected chi connectivity index (χ4v) is 2.61. The van der Waals surface area contributed by atoms with Crippen molar-refractivity contribution >= 4 is 17.0 Å². The van der Waals surface area contributed by atoms with Crippen molar-refractivity contribution in [1.82, 2.24) is 14.5 Å². The van der Waals surface area contributed by atoms with Gasteiger partial charge in [0.05, 0.1) is 24.2 Å². The first-order valence-corrected chi connectivity index (χ1v) is 6.77. The van der Waals surface area contributed by atoms with E-state index in [2.05, 4.69) is 39.6 Å². The largest absolute Gasteiger partial charge is 0.379 e. The lowest BCUT2D eigenvalue weighted by atomic mass is 10.2. The smallest absolute Gasteiger partial charge is 0.201 e. The Balaban J connectivity index is 1.80. The Hall–Kier alpha value is -1.59. The zero-order valence-corrected chi connectivity index (χ0v) is 11.3. The van der Waals surface area contributed by atoms with Crippen molar-refractivity contribution in [3.8, 4) is 0 Å². The molecule has 0 unspecified atom stereocenters. The average Bonchev–Trinajstić information content (AvgIpc) is 2.75. The molecule has 0 atom stereocenters. The molecular formula is C14H20N4O. The van der Waals surface area contributed by atoms with Gasteiger partial charge < -0.3 is 15.0 Å². The van der Waals surface area contributed by atoms with E-state index in [-0.39, 0.29) is 0 Å². The minimum Gasteiger partial charge on any atom is -0.379 e. The highest BCUT2D eigenvalue weighted by Gasteiger charge is 2.13. The van der Waals surface area contributed by atoms with Crippen molar-refractivity contribution < 1.29 is 4.74 Å². The first kappa shape index (κ1) is 12.4. The molecule has 5 heteroatoms. The maximum Gasteiger partial charge on any atom is 0.201 e. The van der Waals surface area contributed by atoms with Gasteiger partial charge in [0, 0.05) is 26.2 Å². The van der Waals surface area contributed by atoms with Crippen molar-refractivity contribution in [1.29, 1.82) is 0 Å². The van der Waals surface area contributed by atoms with Gasteiger partial charge in [0.25, 0.3) is 0 Å². The molecule has 0 aliphatic carbocycles. The molecule has 1 aromatic heterocycles. The maximum absolute atomic E-state index is 6.05. The van der Waals surface area contributed by atoms with Gasteiger partial charge in [-0.25, -0.2) is 4.98 Å². The number of nitrogens with two attached hydrogens (primary N) is 1. The molecule has 0 spiro atoms. The number of aromatic nitrogens is 2. The second-order valence-corrected chi connectivity index (χ2v) is 5.02. The number of hydrogen-bond donors (Lipinski definition) is 1. The third-order valence-electron chi connectivity index (χ3n) is 3.75. The first-order valence-electron chi connectivity index (χ1n) is 6.77. The zero-order valence-electron chi connectivity index (χ0n) is 11.3. The van der Waals surface area contributed by atoms with E-state index in [1.54, 1.807) is 0 Å². The summed E-state index contributed by atoms with van der Waals surface area (Å²) in [4.78, 5) is 6.88. The van der Waals surface area contributed by atoms with Crippen LogP contribution in [0.25, 0.3) is 11.0 Å². The molecule has 1 aromatic carbocycles. The monoisotopic (exact) mass is 260 g/mol. The minimum atomic E-state index is 0.609. The molecule has 0 saturated carbocycles. The van der Waals surface area contributed by atoms with Gasteiger partial charge in [0.2, 0.25) is 5.95 Å². The third kappa shape index (κ3) is 2.43. The minimum absolute atomic E-state index is 0.609. The summed E-state index contributed by atoms with van der Waals surface area (Å²) in [7, 11) is 0. The van der Waals surface area contributed by atoms with Gasteiger partial charge in [-0.05, 0) is 18.6 Å². The molecule has 0 amide bonds. The van der Waals surface area contributed by atoms with Gasteiger partial charge in [0.1, 0.15) is 0 Å². The van der Waals surface area contributed by atoms with E-state index in [9.17, 15) is 0 Å². The number of nitrogen functional groups attached to an aromatic ring is 1. The Morgan fingerprint density at radius 2 is 2.05 bits per heavy atom.